The topological polar surface area (TPSA) is 21.3 Å². The van der Waals surface area contributed by atoms with Gasteiger partial charge in [-0.2, -0.15) is 0 Å². The molecule has 74 valence electrons. The Morgan fingerprint density at radius 2 is 2.14 bits per heavy atom. The van der Waals surface area contributed by atoms with E-state index in [9.17, 15) is 0 Å². The van der Waals surface area contributed by atoms with E-state index in [-0.39, 0.29) is 6.10 Å². The fourth-order valence-electron chi connectivity index (χ4n) is 1.57. The summed E-state index contributed by atoms with van der Waals surface area (Å²) in [4.78, 5) is 0. The molecule has 1 atom stereocenters. The predicted octanol–water partition coefficient (Wildman–Crippen LogP) is 1.89. The molecule has 1 fully saturated rings. The van der Waals surface area contributed by atoms with Crippen LogP contribution in [0.4, 0.5) is 0 Å². The summed E-state index contributed by atoms with van der Waals surface area (Å²) < 4.78 is 5.40. The Morgan fingerprint density at radius 1 is 1.36 bits per heavy atom. The molecule has 1 heterocycles. The van der Waals surface area contributed by atoms with Crippen molar-refractivity contribution in [2.45, 2.75) is 18.9 Å². The van der Waals surface area contributed by atoms with Crippen molar-refractivity contribution in [2.24, 2.45) is 0 Å². The van der Waals surface area contributed by atoms with Gasteiger partial charge in [0.1, 0.15) is 6.10 Å². The largest absolute Gasteiger partial charge is 0.466 e. The maximum Gasteiger partial charge on any atom is 0.257 e. The van der Waals surface area contributed by atoms with Crippen LogP contribution in [0, 0.1) is 0 Å². The lowest BCUT2D eigenvalue weighted by Crippen LogP contribution is -2.15. The second-order valence-corrected chi connectivity index (χ2v) is 3.80. The zero-order valence-electron chi connectivity index (χ0n) is 7.90. The highest BCUT2D eigenvalue weighted by atomic mass is 32.1. The van der Waals surface area contributed by atoms with Gasteiger partial charge in [-0.1, -0.05) is 30.3 Å². The number of hydrogen-bond donors (Lipinski definition) is 1. The Balaban J connectivity index is 1.80. The Bertz CT molecular complexity index is 312. The first-order chi connectivity index (χ1) is 6.84. The number of ether oxygens (including phenoxy) is 1. The Hall–Kier alpha value is -1.09. The first-order valence-corrected chi connectivity index (χ1v) is 5.24. The molecule has 3 heteroatoms. The second-order valence-electron chi connectivity index (χ2n) is 3.43. The van der Waals surface area contributed by atoms with Crippen LogP contribution in [0.1, 0.15) is 12.0 Å². The van der Waals surface area contributed by atoms with Crippen LogP contribution in [-0.2, 0) is 11.2 Å². The van der Waals surface area contributed by atoms with Gasteiger partial charge in [0.2, 0.25) is 0 Å². The standard InChI is InChI=1S/C11H13NOS/c14-11-12-8-10(13-11)7-6-9-4-2-1-3-5-9/h1-5,10H,6-8H2,(H,12,14). The van der Waals surface area contributed by atoms with E-state index in [1.807, 2.05) is 6.07 Å². The van der Waals surface area contributed by atoms with Crippen LogP contribution in [0.2, 0.25) is 0 Å². The van der Waals surface area contributed by atoms with Crippen molar-refractivity contribution in [3.8, 4) is 0 Å². The molecule has 1 saturated heterocycles. The molecule has 0 aromatic heterocycles. The van der Waals surface area contributed by atoms with Crippen molar-refractivity contribution in [3.63, 3.8) is 0 Å². The lowest BCUT2D eigenvalue weighted by Gasteiger charge is -2.07. The molecular formula is C11H13NOS. The van der Waals surface area contributed by atoms with E-state index in [0.717, 1.165) is 19.4 Å². The van der Waals surface area contributed by atoms with Gasteiger partial charge in [0.15, 0.2) is 0 Å². The number of thiocarbonyl (C=S) groups is 1. The molecule has 1 aliphatic heterocycles. The zero-order chi connectivity index (χ0) is 9.80. The van der Waals surface area contributed by atoms with Gasteiger partial charge in [-0.3, -0.25) is 0 Å². The number of hydrogen-bond acceptors (Lipinski definition) is 2. The highest BCUT2D eigenvalue weighted by Gasteiger charge is 2.18. The molecule has 1 unspecified atom stereocenters. The molecule has 14 heavy (non-hydrogen) atoms. The first-order valence-electron chi connectivity index (χ1n) is 4.83. The monoisotopic (exact) mass is 207 g/mol. The lowest BCUT2D eigenvalue weighted by atomic mass is 10.1. The molecular weight excluding hydrogens is 194 g/mol. The summed E-state index contributed by atoms with van der Waals surface area (Å²) in [6, 6.07) is 10.4. The van der Waals surface area contributed by atoms with E-state index >= 15 is 0 Å². The highest BCUT2D eigenvalue weighted by molar-refractivity contribution is 7.80. The highest BCUT2D eigenvalue weighted by Crippen LogP contribution is 2.10. The van der Waals surface area contributed by atoms with Crippen molar-refractivity contribution in [1.29, 1.82) is 0 Å². The second kappa shape index (κ2) is 4.42. The molecule has 1 N–H and O–H groups in total. The smallest absolute Gasteiger partial charge is 0.257 e. The molecule has 1 aliphatic rings. The molecule has 0 amide bonds. The van der Waals surface area contributed by atoms with Gasteiger partial charge in [-0.25, -0.2) is 0 Å². The van der Waals surface area contributed by atoms with Gasteiger partial charge in [0.05, 0.1) is 6.54 Å². The molecule has 0 saturated carbocycles. The molecule has 0 radical (unpaired) electrons. The van der Waals surface area contributed by atoms with Crippen LogP contribution in [-0.4, -0.2) is 17.8 Å². The molecule has 1 aromatic carbocycles. The van der Waals surface area contributed by atoms with Crippen LogP contribution in [0.5, 0.6) is 0 Å². The number of nitrogens with one attached hydrogen (secondary N) is 1. The van der Waals surface area contributed by atoms with E-state index in [1.165, 1.54) is 5.56 Å². The quantitative estimate of drug-likeness (QED) is 0.765. The number of benzene rings is 1. The maximum absolute atomic E-state index is 5.40. The predicted molar refractivity (Wildman–Crippen MR) is 60.2 cm³/mol. The molecule has 0 spiro atoms. The van der Waals surface area contributed by atoms with E-state index < -0.39 is 0 Å². The summed E-state index contributed by atoms with van der Waals surface area (Å²) in [6.45, 7) is 0.853. The van der Waals surface area contributed by atoms with E-state index in [1.54, 1.807) is 0 Å². The first kappa shape index (κ1) is 9.46. The van der Waals surface area contributed by atoms with Gasteiger partial charge in [0, 0.05) is 0 Å². The minimum Gasteiger partial charge on any atom is -0.466 e. The Labute approximate surface area is 89.3 Å². The summed E-state index contributed by atoms with van der Waals surface area (Å²) in [5.41, 5.74) is 1.36. The average Bonchev–Trinajstić information content (AvgIpc) is 2.63. The number of rotatable bonds is 3. The Kier molecular flexibility index (Phi) is 2.99. The van der Waals surface area contributed by atoms with Crippen LogP contribution in [0.25, 0.3) is 0 Å². The third kappa shape index (κ3) is 2.45. The van der Waals surface area contributed by atoms with Gasteiger partial charge in [0.25, 0.3) is 5.17 Å². The minimum absolute atomic E-state index is 0.253. The normalized spacial score (nSPS) is 20.3. The average molecular weight is 207 g/mol. The summed E-state index contributed by atoms with van der Waals surface area (Å²) in [5, 5.41) is 3.56. The van der Waals surface area contributed by atoms with Crippen molar-refractivity contribution in [2.75, 3.05) is 6.54 Å². The Morgan fingerprint density at radius 3 is 2.79 bits per heavy atom. The van der Waals surface area contributed by atoms with Crippen molar-refractivity contribution < 1.29 is 4.74 Å². The fraction of sp³-hybridized carbons (Fsp3) is 0.364. The van der Waals surface area contributed by atoms with Gasteiger partial charge in [-0.15, -0.1) is 0 Å². The minimum atomic E-state index is 0.253. The SMILES string of the molecule is S=C1NCC(CCc2ccccc2)O1. The lowest BCUT2D eigenvalue weighted by molar-refractivity contribution is 0.224. The van der Waals surface area contributed by atoms with Crippen LogP contribution < -0.4 is 5.32 Å². The van der Waals surface area contributed by atoms with Crippen molar-refractivity contribution in [3.05, 3.63) is 35.9 Å². The van der Waals surface area contributed by atoms with Crippen LogP contribution >= 0.6 is 12.2 Å². The molecule has 2 nitrogen and oxygen atoms in total. The van der Waals surface area contributed by atoms with Gasteiger partial charge in [-0.05, 0) is 30.6 Å². The van der Waals surface area contributed by atoms with Crippen LogP contribution in [0.3, 0.4) is 0 Å². The van der Waals surface area contributed by atoms with Crippen molar-refractivity contribution >= 4 is 17.4 Å². The van der Waals surface area contributed by atoms with Crippen LogP contribution in [0.15, 0.2) is 30.3 Å². The van der Waals surface area contributed by atoms with Crippen molar-refractivity contribution in [1.82, 2.24) is 5.32 Å². The zero-order valence-corrected chi connectivity index (χ0v) is 8.72. The summed E-state index contributed by atoms with van der Waals surface area (Å²) in [7, 11) is 0. The maximum atomic E-state index is 5.40. The van der Waals surface area contributed by atoms with E-state index in [4.69, 9.17) is 17.0 Å². The third-order valence-corrected chi connectivity index (χ3v) is 2.59. The summed E-state index contributed by atoms with van der Waals surface area (Å²) in [6.07, 6.45) is 2.33. The van der Waals surface area contributed by atoms with E-state index in [2.05, 4.69) is 29.6 Å². The molecule has 0 bridgehead atoms. The van der Waals surface area contributed by atoms with Gasteiger partial charge >= 0.3 is 0 Å². The number of aryl methyl sites for hydroxylation is 1. The summed E-state index contributed by atoms with van der Waals surface area (Å²) >= 11 is 4.89. The van der Waals surface area contributed by atoms with Gasteiger partial charge < -0.3 is 10.1 Å². The van der Waals surface area contributed by atoms with E-state index in [0.29, 0.717) is 5.17 Å². The molecule has 1 aromatic rings. The molecule has 2 rings (SSSR count). The summed E-state index contributed by atoms with van der Waals surface area (Å²) in [5.74, 6) is 0. The fourth-order valence-corrected chi connectivity index (χ4v) is 1.78. The molecule has 0 aliphatic carbocycles. The third-order valence-electron chi connectivity index (χ3n) is 2.35.